The van der Waals surface area contributed by atoms with Crippen LogP contribution in [0.5, 0.6) is 0 Å². The topological polar surface area (TPSA) is 105 Å². The molecule has 0 bridgehead atoms. The summed E-state index contributed by atoms with van der Waals surface area (Å²) in [6.07, 6.45) is 2.14. The van der Waals surface area contributed by atoms with E-state index in [2.05, 4.69) is 5.32 Å². The van der Waals surface area contributed by atoms with Crippen LogP contribution in [0.3, 0.4) is 0 Å². The lowest BCUT2D eigenvalue weighted by molar-refractivity contribution is -0.133. The average molecular weight is 420 g/mol. The van der Waals surface area contributed by atoms with Crippen molar-refractivity contribution in [3.63, 3.8) is 0 Å². The molecule has 3 N–H and O–H groups in total. The molecule has 0 unspecified atom stereocenters. The molecule has 1 aromatic carbocycles. The fourth-order valence-corrected chi connectivity index (χ4v) is 3.63. The van der Waals surface area contributed by atoms with E-state index in [9.17, 15) is 18.8 Å². The van der Waals surface area contributed by atoms with Gasteiger partial charge in [-0.3, -0.25) is 19.3 Å². The number of nitrogens with one attached hydrogen (secondary N) is 1. The minimum Gasteiger partial charge on any atom is -0.370 e. The number of halogens is 1. The number of anilines is 2. The number of hydrogen-bond acceptors (Lipinski definition) is 5. The molecule has 1 saturated heterocycles. The van der Waals surface area contributed by atoms with Crippen molar-refractivity contribution in [1.29, 1.82) is 0 Å². The van der Waals surface area contributed by atoms with Crippen molar-refractivity contribution < 1.29 is 23.5 Å². The number of carbonyl (C=O) groups is 3. The molecule has 1 aliphatic carbocycles. The van der Waals surface area contributed by atoms with Crippen LogP contribution in [-0.2, 0) is 19.1 Å². The maximum absolute atomic E-state index is 14.7. The maximum Gasteiger partial charge on any atom is 0.253 e. The van der Waals surface area contributed by atoms with Gasteiger partial charge in [0, 0.05) is 25.3 Å². The summed E-state index contributed by atoms with van der Waals surface area (Å²) in [6.45, 7) is 5.81. The number of nitrogens with zero attached hydrogens (tertiary/aromatic N) is 2. The molecule has 3 amide bonds. The lowest BCUT2D eigenvalue weighted by Gasteiger charge is -2.30. The minimum atomic E-state index is -1.17. The van der Waals surface area contributed by atoms with E-state index in [0.29, 0.717) is 37.8 Å². The van der Waals surface area contributed by atoms with Crippen molar-refractivity contribution in [1.82, 2.24) is 4.90 Å². The third-order valence-electron chi connectivity index (χ3n) is 5.18. The van der Waals surface area contributed by atoms with Crippen LogP contribution >= 0.6 is 0 Å². The summed E-state index contributed by atoms with van der Waals surface area (Å²) < 4.78 is 19.8. The Kier molecular flexibility index (Phi) is 7.04. The van der Waals surface area contributed by atoms with Crippen LogP contribution in [0.1, 0.15) is 26.7 Å². The lowest BCUT2D eigenvalue weighted by atomic mass is 10.1. The Morgan fingerprint density at radius 1 is 1.37 bits per heavy atom. The lowest BCUT2D eigenvalue weighted by Crippen LogP contribution is -2.53. The van der Waals surface area contributed by atoms with Gasteiger partial charge in [-0.05, 0) is 42.9 Å². The Hall–Kier alpha value is -2.52. The van der Waals surface area contributed by atoms with Crippen LogP contribution in [0.4, 0.5) is 15.8 Å². The molecule has 2 fully saturated rings. The van der Waals surface area contributed by atoms with Gasteiger partial charge in [-0.25, -0.2) is 4.39 Å². The van der Waals surface area contributed by atoms with Gasteiger partial charge in [0.05, 0.1) is 12.3 Å². The van der Waals surface area contributed by atoms with Crippen molar-refractivity contribution in [2.75, 3.05) is 43.1 Å². The standard InChI is InChI=1S/C21H29FN4O4/c1-13(2)10-25(11-14-3-4-14)19(20(23)28)21(29)24-17-6-5-15(9-16(17)22)26-7-8-30-12-18(26)27/h5-6,9,13-14,19H,3-4,7-8,10-12H2,1-2H3,(H2,23,28)(H,24,29)/t19-/m0/s1. The molecule has 9 heteroatoms. The van der Waals surface area contributed by atoms with E-state index < -0.39 is 23.7 Å². The van der Waals surface area contributed by atoms with E-state index in [0.717, 1.165) is 12.8 Å². The average Bonchev–Trinajstić information content (AvgIpc) is 3.47. The molecule has 0 spiro atoms. The molecule has 0 radical (unpaired) electrons. The van der Waals surface area contributed by atoms with Crippen LogP contribution in [0, 0.1) is 17.7 Å². The molecule has 1 atom stereocenters. The molecule has 0 aromatic heterocycles. The van der Waals surface area contributed by atoms with Gasteiger partial charge in [-0.15, -0.1) is 0 Å². The molecular weight excluding hydrogens is 391 g/mol. The number of carbonyl (C=O) groups excluding carboxylic acids is 3. The van der Waals surface area contributed by atoms with Gasteiger partial charge in [0.15, 0.2) is 6.04 Å². The molecule has 1 aromatic rings. The normalized spacial score (nSPS) is 18.0. The predicted molar refractivity (Wildman–Crippen MR) is 110 cm³/mol. The molecule has 30 heavy (non-hydrogen) atoms. The van der Waals surface area contributed by atoms with E-state index in [1.807, 2.05) is 13.8 Å². The number of morpholine rings is 1. The van der Waals surface area contributed by atoms with E-state index in [4.69, 9.17) is 10.5 Å². The van der Waals surface area contributed by atoms with Gasteiger partial charge in [0.2, 0.25) is 5.91 Å². The summed E-state index contributed by atoms with van der Waals surface area (Å²) in [5, 5.41) is 2.50. The highest BCUT2D eigenvalue weighted by Crippen LogP contribution is 2.31. The Morgan fingerprint density at radius 3 is 2.67 bits per heavy atom. The molecule has 1 aliphatic heterocycles. The highest BCUT2D eigenvalue weighted by atomic mass is 19.1. The minimum absolute atomic E-state index is 0.0485. The van der Waals surface area contributed by atoms with Crippen LogP contribution in [0.25, 0.3) is 0 Å². The summed E-state index contributed by atoms with van der Waals surface area (Å²) in [6, 6.07) is 2.95. The summed E-state index contributed by atoms with van der Waals surface area (Å²) in [4.78, 5) is 40.1. The molecule has 2 aliphatic rings. The zero-order chi connectivity index (χ0) is 21.8. The van der Waals surface area contributed by atoms with E-state index in [1.165, 1.54) is 17.0 Å². The Morgan fingerprint density at radius 2 is 2.10 bits per heavy atom. The number of ether oxygens (including phenoxy) is 1. The zero-order valence-corrected chi connectivity index (χ0v) is 17.4. The fourth-order valence-electron chi connectivity index (χ4n) is 3.63. The van der Waals surface area contributed by atoms with Crippen molar-refractivity contribution in [3.05, 3.63) is 24.0 Å². The first-order chi connectivity index (χ1) is 14.3. The molecule has 8 nitrogen and oxygen atoms in total. The van der Waals surface area contributed by atoms with E-state index in [1.54, 1.807) is 11.0 Å². The second-order valence-electron chi connectivity index (χ2n) is 8.35. The van der Waals surface area contributed by atoms with Crippen LogP contribution in [-0.4, -0.2) is 61.5 Å². The van der Waals surface area contributed by atoms with Gasteiger partial charge in [-0.2, -0.15) is 0 Å². The van der Waals surface area contributed by atoms with Crippen molar-refractivity contribution in [3.8, 4) is 0 Å². The Bertz CT molecular complexity index is 808. The van der Waals surface area contributed by atoms with Gasteiger partial charge >= 0.3 is 0 Å². The first-order valence-corrected chi connectivity index (χ1v) is 10.3. The van der Waals surface area contributed by atoms with Gasteiger partial charge in [0.25, 0.3) is 11.8 Å². The first kappa shape index (κ1) is 22.2. The summed E-state index contributed by atoms with van der Waals surface area (Å²) in [5.74, 6) is -1.67. The third kappa shape index (κ3) is 5.54. The predicted octanol–water partition coefficient (Wildman–Crippen LogP) is 1.35. The fraction of sp³-hybridized carbons (Fsp3) is 0.571. The van der Waals surface area contributed by atoms with Crippen molar-refractivity contribution >= 4 is 29.1 Å². The largest absolute Gasteiger partial charge is 0.370 e. The number of rotatable bonds is 9. The molecule has 1 heterocycles. The van der Waals surface area contributed by atoms with E-state index in [-0.39, 0.29) is 24.1 Å². The molecule has 3 rings (SSSR count). The smallest absolute Gasteiger partial charge is 0.253 e. The second-order valence-corrected chi connectivity index (χ2v) is 8.35. The maximum atomic E-state index is 14.7. The highest BCUT2D eigenvalue weighted by Gasteiger charge is 2.36. The van der Waals surface area contributed by atoms with Gasteiger partial charge < -0.3 is 20.7 Å². The number of amides is 3. The third-order valence-corrected chi connectivity index (χ3v) is 5.18. The summed E-state index contributed by atoms with van der Waals surface area (Å²) >= 11 is 0. The van der Waals surface area contributed by atoms with Crippen LogP contribution in [0.2, 0.25) is 0 Å². The van der Waals surface area contributed by atoms with Crippen molar-refractivity contribution in [2.24, 2.45) is 17.6 Å². The Labute approximate surface area is 175 Å². The Balaban J connectivity index is 1.74. The second kappa shape index (κ2) is 9.53. The van der Waals surface area contributed by atoms with Crippen molar-refractivity contribution in [2.45, 2.75) is 32.7 Å². The number of hydrogen-bond donors (Lipinski definition) is 2. The first-order valence-electron chi connectivity index (χ1n) is 10.3. The zero-order valence-electron chi connectivity index (χ0n) is 17.4. The molecular formula is C21H29FN4O4. The molecule has 164 valence electrons. The monoisotopic (exact) mass is 420 g/mol. The van der Waals surface area contributed by atoms with Gasteiger partial charge in [0.1, 0.15) is 12.4 Å². The molecule has 1 saturated carbocycles. The SMILES string of the molecule is CC(C)CN(CC1CC1)[C@@H](C(N)=O)C(=O)Nc1ccc(N2CCOCC2=O)cc1F. The quantitative estimate of drug-likeness (QED) is 0.587. The highest BCUT2D eigenvalue weighted by molar-refractivity contribution is 6.09. The number of primary amides is 1. The van der Waals surface area contributed by atoms with Crippen LogP contribution in [0.15, 0.2) is 18.2 Å². The van der Waals surface area contributed by atoms with E-state index >= 15 is 0 Å². The van der Waals surface area contributed by atoms with Gasteiger partial charge in [-0.1, -0.05) is 13.8 Å². The number of nitrogens with two attached hydrogens (primary N) is 1. The van der Waals surface area contributed by atoms with Crippen LogP contribution < -0.4 is 16.0 Å². The summed E-state index contributed by atoms with van der Waals surface area (Å²) in [7, 11) is 0. The number of benzene rings is 1. The summed E-state index contributed by atoms with van der Waals surface area (Å²) in [5.41, 5.74) is 5.87.